The van der Waals surface area contributed by atoms with Crippen LogP contribution in [0, 0.1) is 0 Å². The Hall–Kier alpha value is -0.150. The number of nitrogens with zero attached hydrogens (tertiary/aromatic N) is 2. The van der Waals surface area contributed by atoms with Crippen molar-refractivity contribution in [3.8, 4) is 0 Å². The lowest BCUT2D eigenvalue weighted by Gasteiger charge is -2.34. The SMILES string of the molecule is CCN1CCN(C(C)=S)CC1. The highest BCUT2D eigenvalue weighted by Gasteiger charge is 2.14. The zero-order chi connectivity index (χ0) is 8.27. The van der Waals surface area contributed by atoms with E-state index in [1.807, 2.05) is 6.92 Å². The molecule has 0 N–H and O–H groups in total. The molecule has 0 aromatic carbocycles. The summed E-state index contributed by atoms with van der Waals surface area (Å²) in [6.07, 6.45) is 0. The van der Waals surface area contributed by atoms with E-state index in [-0.39, 0.29) is 0 Å². The van der Waals surface area contributed by atoms with Gasteiger partial charge in [-0.2, -0.15) is 0 Å². The first kappa shape index (κ1) is 8.94. The second-order valence-electron chi connectivity index (χ2n) is 2.94. The number of likely N-dealkylation sites (N-methyl/N-ethyl adjacent to an activating group) is 1. The van der Waals surface area contributed by atoms with Gasteiger partial charge in [-0.3, -0.25) is 0 Å². The highest BCUT2D eigenvalue weighted by molar-refractivity contribution is 7.80. The smallest absolute Gasteiger partial charge is 0.0748 e. The van der Waals surface area contributed by atoms with E-state index >= 15 is 0 Å². The number of hydrogen-bond acceptors (Lipinski definition) is 2. The van der Waals surface area contributed by atoms with E-state index in [9.17, 15) is 0 Å². The molecule has 1 saturated heterocycles. The molecule has 0 saturated carbocycles. The number of rotatable bonds is 1. The second-order valence-corrected chi connectivity index (χ2v) is 3.53. The van der Waals surface area contributed by atoms with Gasteiger partial charge in [0.1, 0.15) is 0 Å². The van der Waals surface area contributed by atoms with Crippen LogP contribution in [0.3, 0.4) is 0 Å². The summed E-state index contributed by atoms with van der Waals surface area (Å²) in [5.41, 5.74) is 0. The monoisotopic (exact) mass is 172 g/mol. The van der Waals surface area contributed by atoms with Gasteiger partial charge in [0.2, 0.25) is 0 Å². The molecule has 1 fully saturated rings. The van der Waals surface area contributed by atoms with Crippen molar-refractivity contribution in [3.63, 3.8) is 0 Å². The van der Waals surface area contributed by atoms with Gasteiger partial charge in [0, 0.05) is 26.2 Å². The maximum atomic E-state index is 5.10. The minimum Gasteiger partial charge on any atom is -0.364 e. The standard InChI is InChI=1S/C8H16N2S/c1-3-9-4-6-10(7-5-9)8(2)11/h3-7H2,1-2H3. The van der Waals surface area contributed by atoms with E-state index < -0.39 is 0 Å². The Labute approximate surface area is 74.2 Å². The Balaban J connectivity index is 2.30. The van der Waals surface area contributed by atoms with Crippen LogP contribution in [0.15, 0.2) is 0 Å². The molecular formula is C8H16N2S. The lowest BCUT2D eigenvalue weighted by Crippen LogP contribution is -2.47. The predicted molar refractivity (Wildman–Crippen MR) is 52.0 cm³/mol. The molecule has 1 aliphatic heterocycles. The molecule has 0 aromatic rings. The largest absolute Gasteiger partial charge is 0.364 e. The van der Waals surface area contributed by atoms with Crippen molar-refractivity contribution in [2.75, 3.05) is 32.7 Å². The van der Waals surface area contributed by atoms with Gasteiger partial charge in [0.15, 0.2) is 0 Å². The van der Waals surface area contributed by atoms with Crippen LogP contribution in [0.1, 0.15) is 13.8 Å². The summed E-state index contributed by atoms with van der Waals surface area (Å²) in [5.74, 6) is 0. The van der Waals surface area contributed by atoms with Crippen molar-refractivity contribution >= 4 is 17.2 Å². The molecule has 1 heterocycles. The van der Waals surface area contributed by atoms with E-state index in [0.29, 0.717) is 0 Å². The Bertz CT molecular complexity index is 139. The Morgan fingerprint density at radius 2 is 1.82 bits per heavy atom. The van der Waals surface area contributed by atoms with E-state index in [2.05, 4.69) is 16.7 Å². The van der Waals surface area contributed by atoms with Crippen molar-refractivity contribution < 1.29 is 0 Å². The molecule has 11 heavy (non-hydrogen) atoms. The van der Waals surface area contributed by atoms with Crippen LogP contribution < -0.4 is 0 Å². The Morgan fingerprint density at radius 3 is 2.18 bits per heavy atom. The van der Waals surface area contributed by atoms with Crippen LogP contribution >= 0.6 is 12.2 Å². The molecule has 0 aromatic heterocycles. The molecule has 0 atom stereocenters. The molecule has 1 rings (SSSR count). The molecule has 1 aliphatic rings. The van der Waals surface area contributed by atoms with Crippen LogP contribution in [0.4, 0.5) is 0 Å². The van der Waals surface area contributed by atoms with Gasteiger partial charge in [-0.15, -0.1) is 0 Å². The van der Waals surface area contributed by atoms with Crippen molar-refractivity contribution in [2.24, 2.45) is 0 Å². The first-order chi connectivity index (χ1) is 5.24. The molecule has 0 spiro atoms. The predicted octanol–water partition coefficient (Wildman–Crippen LogP) is 0.971. The van der Waals surface area contributed by atoms with Gasteiger partial charge < -0.3 is 9.80 Å². The van der Waals surface area contributed by atoms with Gasteiger partial charge in [0.25, 0.3) is 0 Å². The van der Waals surface area contributed by atoms with Gasteiger partial charge >= 0.3 is 0 Å². The average Bonchev–Trinajstić information content (AvgIpc) is 2.05. The zero-order valence-corrected chi connectivity index (χ0v) is 8.15. The topological polar surface area (TPSA) is 6.48 Å². The summed E-state index contributed by atoms with van der Waals surface area (Å²) in [7, 11) is 0. The lowest BCUT2D eigenvalue weighted by atomic mass is 10.3. The van der Waals surface area contributed by atoms with Gasteiger partial charge in [-0.1, -0.05) is 19.1 Å². The Morgan fingerprint density at radius 1 is 1.27 bits per heavy atom. The highest BCUT2D eigenvalue weighted by Crippen LogP contribution is 2.01. The summed E-state index contributed by atoms with van der Waals surface area (Å²) in [6.45, 7) is 9.96. The molecule has 0 radical (unpaired) electrons. The summed E-state index contributed by atoms with van der Waals surface area (Å²) >= 11 is 5.10. The third kappa shape index (κ3) is 2.42. The maximum Gasteiger partial charge on any atom is 0.0748 e. The molecule has 2 nitrogen and oxygen atoms in total. The van der Waals surface area contributed by atoms with E-state index in [0.717, 1.165) is 18.1 Å². The molecule has 0 aliphatic carbocycles. The second kappa shape index (κ2) is 4.02. The summed E-state index contributed by atoms with van der Waals surface area (Å²) in [4.78, 5) is 5.77. The summed E-state index contributed by atoms with van der Waals surface area (Å²) < 4.78 is 0. The maximum absolute atomic E-state index is 5.10. The van der Waals surface area contributed by atoms with Crippen molar-refractivity contribution in [2.45, 2.75) is 13.8 Å². The van der Waals surface area contributed by atoms with E-state index in [1.165, 1.54) is 19.6 Å². The molecule has 0 unspecified atom stereocenters. The van der Waals surface area contributed by atoms with E-state index in [1.54, 1.807) is 0 Å². The first-order valence-electron chi connectivity index (χ1n) is 4.22. The van der Waals surface area contributed by atoms with Crippen LogP contribution in [0.5, 0.6) is 0 Å². The molecular weight excluding hydrogens is 156 g/mol. The zero-order valence-electron chi connectivity index (χ0n) is 7.34. The Kier molecular flexibility index (Phi) is 3.27. The van der Waals surface area contributed by atoms with Crippen LogP contribution in [0.25, 0.3) is 0 Å². The van der Waals surface area contributed by atoms with Crippen molar-refractivity contribution in [1.82, 2.24) is 9.80 Å². The van der Waals surface area contributed by atoms with Crippen LogP contribution in [0.2, 0.25) is 0 Å². The van der Waals surface area contributed by atoms with Crippen molar-refractivity contribution in [3.05, 3.63) is 0 Å². The molecule has 0 bridgehead atoms. The number of thiocarbonyl (C=S) groups is 1. The lowest BCUT2D eigenvalue weighted by molar-refractivity contribution is 0.191. The van der Waals surface area contributed by atoms with Crippen LogP contribution in [-0.4, -0.2) is 47.5 Å². The van der Waals surface area contributed by atoms with Crippen LogP contribution in [-0.2, 0) is 0 Å². The fourth-order valence-electron chi connectivity index (χ4n) is 1.38. The van der Waals surface area contributed by atoms with Gasteiger partial charge in [-0.05, 0) is 13.5 Å². The summed E-state index contributed by atoms with van der Waals surface area (Å²) in [6, 6.07) is 0. The fourth-order valence-corrected chi connectivity index (χ4v) is 1.56. The molecule has 64 valence electrons. The summed E-state index contributed by atoms with van der Waals surface area (Å²) in [5, 5.41) is 0. The van der Waals surface area contributed by atoms with E-state index in [4.69, 9.17) is 12.2 Å². The van der Waals surface area contributed by atoms with Crippen molar-refractivity contribution in [1.29, 1.82) is 0 Å². The number of hydrogen-bond donors (Lipinski definition) is 0. The van der Waals surface area contributed by atoms with Gasteiger partial charge in [0.05, 0.1) is 4.99 Å². The quantitative estimate of drug-likeness (QED) is 0.544. The number of piperazine rings is 1. The average molecular weight is 172 g/mol. The molecule has 3 heteroatoms. The molecule has 0 amide bonds. The third-order valence-corrected chi connectivity index (χ3v) is 2.52. The minimum atomic E-state index is 1.04. The normalized spacial score (nSPS) is 20.4. The third-order valence-electron chi connectivity index (χ3n) is 2.26. The minimum absolute atomic E-state index is 1.04. The highest BCUT2D eigenvalue weighted by atomic mass is 32.1. The van der Waals surface area contributed by atoms with Gasteiger partial charge in [-0.25, -0.2) is 0 Å². The fraction of sp³-hybridized carbons (Fsp3) is 0.875. The first-order valence-corrected chi connectivity index (χ1v) is 4.62.